The fourth-order valence-corrected chi connectivity index (χ4v) is 1.09. The Morgan fingerprint density at radius 2 is 2.36 bits per heavy atom. The van der Waals surface area contributed by atoms with Gasteiger partial charge in [-0.2, -0.15) is 10.4 Å². The molecule has 74 valence electrons. The van der Waals surface area contributed by atoms with Gasteiger partial charge in [-0.05, 0) is 0 Å². The molecule has 0 aliphatic carbocycles. The summed E-state index contributed by atoms with van der Waals surface area (Å²) >= 11 is 0. The SMILES string of the molecule is N#CCCN1N=C(C(=O)O)CCC1=O. The van der Waals surface area contributed by atoms with Gasteiger partial charge in [0.05, 0.1) is 19.0 Å². The first-order valence-electron chi connectivity index (χ1n) is 4.13. The van der Waals surface area contributed by atoms with Crippen LogP contribution in [0.25, 0.3) is 0 Å². The highest BCUT2D eigenvalue weighted by atomic mass is 16.4. The summed E-state index contributed by atoms with van der Waals surface area (Å²) in [7, 11) is 0. The van der Waals surface area contributed by atoms with Crippen molar-refractivity contribution < 1.29 is 14.7 Å². The predicted molar refractivity (Wildman–Crippen MR) is 46.2 cm³/mol. The second-order valence-corrected chi connectivity index (χ2v) is 2.78. The van der Waals surface area contributed by atoms with Crippen molar-refractivity contribution in [1.29, 1.82) is 5.26 Å². The number of nitriles is 1. The highest BCUT2D eigenvalue weighted by Crippen LogP contribution is 2.09. The van der Waals surface area contributed by atoms with Crippen LogP contribution in [0.3, 0.4) is 0 Å². The predicted octanol–water partition coefficient (Wildman–Crippen LogP) is -0.0369. The minimum absolute atomic E-state index is 0.0254. The van der Waals surface area contributed by atoms with Crippen LogP contribution in [0, 0.1) is 11.3 Å². The van der Waals surface area contributed by atoms with Gasteiger partial charge >= 0.3 is 5.97 Å². The van der Waals surface area contributed by atoms with Crippen LogP contribution in [0.15, 0.2) is 5.10 Å². The Morgan fingerprint density at radius 3 is 2.93 bits per heavy atom. The number of hydrogen-bond acceptors (Lipinski definition) is 4. The molecule has 6 heteroatoms. The zero-order valence-corrected chi connectivity index (χ0v) is 7.43. The highest BCUT2D eigenvalue weighted by Gasteiger charge is 2.23. The molecular formula is C8H9N3O3. The molecular weight excluding hydrogens is 186 g/mol. The van der Waals surface area contributed by atoms with Crippen LogP contribution in [-0.4, -0.2) is 34.2 Å². The lowest BCUT2D eigenvalue weighted by atomic mass is 10.1. The van der Waals surface area contributed by atoms with Crippen LogP contribution in [0.2, 0.25) is 0 Å². The molecule has 1 N–H and O–H groups in total. The molecule has 0 unspecified atom stereocenters. The number of carboxylic acid groups (broad SMARTS) is 1. The maximum atomic E-state index is 11.2. The van der Waals surface area contributed by atoms with E-state index in [9.17, 15) is 9.59 Å². The molecule has 6 nitrogen and oxygen atoms in total. The van der Waals surface area contributed by atoms with Crippen LogP contribution in [-0.2, 0) is 9.59 Å². The van der Waals surface area contributed by atoms with Gasteiger partial charge in [-0.3, -0.25) is 4.79 Å². The van der Waals surface area contributed by atoms with Crippen molar-refractivity contribution in [3.8, 4) is 6.07 Å². The van der Waals surface area contributed by atoms with Crippen LogP contribution < -0.4 is 0 Å². The molecule has 14 heavy (non-hydrogen) atoms. The molecule has 0 bridgehead atoms. The van der Waals surface area contributed by atoms with Crippen molar-refractivity contribution in [2.75, 3.05) is 6.54 Å². The van der Waals surface area contributed by atoms with Crippen LogP contribution in [0.1, 0.15) is 19.3 Å². The summed E-state index contributed by atoms with van der Waals surface area (Å²) in [6.45, 7) is 0.159. The summed E-state index contributed by atoms with van der Waals surface area (Å²) in [5, 5.41) is 21.6. The first kappa shape index (κ1) is 10.2. The molecule has 1 amide bonds. The summed E-state index contributed by atoms with van der Waals surface area (Å²) in [6, 6.07) is 1.87. The molecule has 0 atom stereocenters. The Balaban J connectivity index is 2.71. The van der Waals surface area contributed by atoms with Gasteiger partial charge in [-0.15, -0.1) is 0 Å². The van der Waals surface area contributed by atoms with E-state index in [0.29, 0.717) is 0 Å². The van der Waals surface area contributed by atoms with E-state index in [4.69, 9.17) is 10.4 Å². The average Bonchev–Trinajstić information content (AvgIpc) is 2.16. The van der Waals surface area contributed by atoms with Gasteiger partial charge in [-0.25, -0.2) is 9.80 Å². The summed E-state index contributed by atoms with van der Waals surface area (Å²) in [5.74, 6) is -1.34. The molecule has 1 heterocycles. The van der Waals surface area contributed by atoms with Gasteiger partial charge in [0, 0.05) is 12.8 Å². The van der Waals surface area contributed by atoms with Gasteiger partial charge < -0.3 is 5.11 Å². The van der Waals surface area contributed by atoms with E-state index >= 15 is 0 Å². The maximum absolute atomic E-state index is 11.2. The second-order valence-electron chi connectivity index (χ2n) is 2.78. The third-order valence-corrected chi connectivity index (χ3v) is 1.79. The van der Waals surface area contributed by atoms with Gasteiger partial charge in [0.1, 0.15) is 5.71 Å². The Morgan fingerprint density at radius 1 is 1.64 bits per heavy atom. The minimum Gasteiger partial charge on any atom is -0.477 e. The van der Waals surface area contributed by atoms with E-state index in [0.717, 1.165) is 5.01 Å². The lowest BCUT2D eigenvalue weighted by molar-refractivity contribution is -0.132. The maximum Gasteiger partial charge on any atom is 0.352 e. The van der Waals surface area contributed by atoms with Crippen molar-refractivity contribution in [3.05, 3.63) is 0 Å². The number of carbonyl (C=O) groups excluding carboxylic acids is 1. The second kappa shape index (κ2) is 4.37. The van der Waals surface area contributed by atoms with Crippen molar-refractivity contribution in [2.24, 2.45) is 5.10 Å². The number of nitrogens with zero attached hydrogens (tertiary/aromatic N) is 3. The lowest BCUT2D eigenvalue weighted by Crippen LogP contribution is -2.34. The summed E-state index contributed by atoms with van der Waals surface area (Å²) < 4.78 is 0. The van der Waals surface area contributed by atoms with E-state index < -0.39 is 5.97 Å². The molecule has 1 aliphatic rings. The summed E-state index contributed by atoms with van der Waals surface area (Å²) in [4.78, 5) is 21.7. The first-order valence-corrected chi connectivity index (χ1v) is 4.13. The highest BCUT2D eigenvalue weighted by molar-refractivity contribution is 6.36. The minimum atomic E-state index is -1.11. The number of carbonyl (C=O) groups is 2. The third-order valence-electron chi connectivity index (χ3n) is 1.79. The fraction of sp³-hybridized carbons (Fsp3) is 0.500. The number of hydrogen-bond donors (Lipinski definition) is 1. The van der Waals surface area contributed by atoms with Crippen molar-refractivity contribution in [3.63, 3.8) is 0 Å². The monoisotopic (exact) mass is 195 g/mol. The van der Waals surface area contributed by atoms with Gasteiger partial charge in [-0.1, -0.05) is 0 Å². The van der Waals surface area contributed by atoms with Crippen molar-refractivity contribution in [1.82, 2.24) is 5.01 Å². The summed E-state index contributed by atoms with van der Waals surface area (Å²) in [5.41, 5.74) is -0.0254. The first-order chi connectivity index (χ1) is 6.65. The molecule has 0 saturated carbocycles. The van der Waals surface area contributed by atoms with Crippen LogP contribution in [0.5, 0.6) is 0 Å². The number of carboxylic acids is 1. The Labute approximate surface area is 80.4 Å². The Bertz CT molecular complexity index is 329. The smallest absolute Gasteiger partial charge is 0.352 e. The molecule has 0 fully saturated rings. The van der Waals surface area contributed by atoms with E-state index in [-0.39, 0.29) is 37.4 Å². The number of hydrazone groups is 1. The molecule has 0 aromatic heterocycles. The fourth-order valence-electron chi connectivity index (χ4n) is 1.09. The van der Waals surface area contributed by atoms with Gasteiger partial charge in [0.25, 0.3) is 0 Å². The lowest BCUT2D eigenvalue weighted by Gasteiger charge is -2.20. The molecule has 0 aromatic rings. The molecule has 0 spiro atoms. The number of aliphatic carboxylic acids is 1. The molecule has 0 aromatic carbocycles. The average molecular weight is 195 g/mol. The quantitative estimate of drug-likeness (QED) is 0.683. The van der Waals surface area contributed by atoms with E-state index in [1.807, 2.05) is 6.07 Å². The normalized spacial score (nSPS) is 16.1. The Hall–Kier alpha value is -1.90. The Kier molecular flexibility index (Phi) is 3.18. The van der Waals surface area contributed by atoms with E-state index in [2.05, 4.69) is 5.10 Å². The zero-order chi connectivity index (χ0) is 10.6. The van der Waals surface area contributed by atoms with Crippen LogP contribution in [0.4, 0.5) is 0 Å². The zero-order valence-electron chi connectivity index (χ0n) is 7.43. The van der Waals surface area contributed by atoms with Crippen molar-refractivity contribution >= 4 is 17.6 Å². The van der Waals surface area contributed by atoms with Gasteiger partial charge in [0.2, 0.25) is 5.91 Å². The van der Waals surface area contributed by atoms with Crippen LogP contribution >= 0.6 is 0 Å². The largest absolute Gasteiger partial charge is 0.477 e. The summed E-state index contributed by atoms with van der Waals surface area (Å²) in [6.07, 6.45) is 0.468. The standard InChI is InChI=1S/C8H9N3O3/c9-4-1-5-11-7(12)3-2-6(10-11)8(13)14/h1-3,5H2,(H,13,14). The molecule has 0 radical (unpaired) electrons. The van der Waals surface area contributed by atoms with E-state index in [1.165, 1.54) is 0 Å². The van der Waals surface area contributed by atoms with Crippen molar-refractivity contribution in [2.45, 2.75) is 19.3 Å². The molecule has 0 saturated heterocycles. The van der Waals surface area contributed by atoms with E-state index in [1.54, 1.807) is 0 Å². The number of amides is 1. The topological polar surface area (TPSA) is 93.8 Å². The number of rotatable bonds is 3. The van der Waals surface area contributed by atoms with Gasteiger partial charge in [0.15, 0.2) is 0 Å². The molecule has 1 rings (SSSR count). The third kappa shape index (κ3) is 2.29. The molecule has 1 aliphatic heterocycles.